The highest BCUT2D eigenvalue weighted by atomic mass is 32.2. The molecule has 0 aromatic heterocycles. The lowest BCUT2D eigenvalue weighted by Crippen LogP contribution is -2.46. The second-order valence-corrected chi connectivity index (χ2v) is 7.30. The van der Waals surface area contributed by atoms with Gasteiger partial charge < -0.3 is 10.8 Å². The molecule has 0 aromatic carbocycles. The first-order chi connectivity index (χ1) is 7.37. The Hall–Kier alpha value is -0.130. The number of hydrogen-bond donors (Lipinski definition) is 2. The van der Waals surface area contributed by atoms with Crippen LogP contribution in [0.5, 0.6) is 0 Å². The molecule has 0 radical (unpaired) electrons. The standard InChI is InChI=1S/C11H23NO3S/c1-3-4-9(2)10(13)11(7-12)5-6-16(14,15)8-11/h9-10,13H,3-8,12H2,1-2H3. The minimum atomic E-state index is -3.00. The fraction of sp³-hybridized carbons (Fsp3) is 1.00. The van der Waals surface area contributed by atoms with Crippen molar-refractivity contribution in [2.45, 2.75) is 39.2 Å². The molecule has 3 unspecified atom stereocenters. The molecule has 0 amide bonds. The average Bonchev–Trinajstić information content (AvgIpc) is 2.55. The van der Waals surface area contributed by atoms with Gasteiger partial charge in [-0.05, 0) is 18.8 Å². The Balaban J connectivity index is 2.82. The van der Waals surface area contributed by atoms with Crippen molar-refractivity contribution < 1.29 is 13.5 Å². The lowest BCUT2D eigenvalue weighted by atomic mass is 9.75. The molecule has 0 spiro atoms. The van der Waals surface area contributed by atoms with Crippen LogP contribution in [0.25, 0.3) is 0 Å². The normalized spacial score (nSPS) is 32.5. The van der Waals surface area contributed by atoms with Gasteiger partial charge in [-0.3, -0.25) is 0 Å². The lowest BCUT2D eigenvalue weighted by molar-refractivity contribution is 0.00282. The van der Waals surface area contributed by atoms with Crippen LogP contribution in [0.2, 0.25) is 0 Å². The highest BCUT2D eigenvalue weighted by Gasteiger charge is 2.47. The highest BCUT2D eigenvalue weighted by Crippen LogP contribution is 2.38. The van der Waals surface area contributed by atoms with E-state index in [0.29, 0.717) is 6.42 Å². The summed E-state index contributed by atoms with van der Waals surface area (Å²) in [6.45, 7) is 4.28. The van der Waals surface area contributed by atoms with E-state index in [2.05, 4.69) is 6.92 Å². The van der Waals surface area contributed by atoms with Crippen LogP contribution in [0.15, 0.2) is 0 Å². The molecule has 4 nitrogen and oxygen atoms in total. The van der Waals surface area contributed by atoms with Crippen LogP contribution in [-0.2, 0) is 9.84 Å². The van der Waals surface area contributed by atoms with E-state index in [1.165, 1.54) is 0 Å². The minimum absolute atomic E-state index is 0.0473. The van der Waals surface area contributed by atoms with Crippen LogP contribution in [0, 0.1) is 11.3 Å². The summed E-state index contributed by atoms with van der Waals surface area (Å²) in [6, 6.07) is 0. The van der Waals surface area contributed by atoms with Crippen molar-refractivity contribution >= 4 is 9.84 Å². The smallest absolute Gasteiger partial charge is 0.151 e. The summed E-state index contributed by atoms with van der Waals surface area (Å²) in [4.78, 5) is 0. The lowest BCUT2D eigenvalue weighted by Gasteiger charge is -2.35. The van der Waals surface area contributed by atoms with Crippen molar-refractivity contribution in [3.05, 3.63) is 0 Å². The monoisotopic (exact) mass is 249 g/mol. The summed E-state index contributed by atoms with van der Waals surface area (Å²) >= 11 is 0. The maximum atomic E-state index is 11.5. The predicted octanol–water partition coefficient (Wildman–Crippen LogP) is 0.547. The molecule has 0 aromatic rings. The summed E-state index contributed by atoms with van der Waals surface area (Å²) < 4.78 is 23.0. The number of rotatable bonds is 5. The average molecular weight is 249 g/mol. The van der Waals surface area contributed by atoms with Crippen LogP contribution in [-0.4, -0.2) is 37.7 Å². The van der Waals surface area contributed by atoms with Crippen LogP contribution >= 0.6 is 0 Å². The molecular weight excluding hydrogens is 226 g/mol. The largest absolute Gasteiger partial charge is 0.392 e. The van der Waals surface area contributed by atoms with Gasteiger partial charge in [0.25, 0.3) is 0 Å². The molecular formula is C11H23NO3S. The topological polar surface area (TPSA) is 80.4 Å². The van der Waals surface area contributed by atoms with Gasteiger partial charge in [0.2, 0.25) is 0 Å². The number of aliphatic hydroxyl groups is 1. The van der Waals surface area contributed by atoms with Gasteiger partial charge in [0.15, 0.2) is 9.84 Å². The zero-order valence-corrected chi connectivity index (χ0v) is 11.0. The van der Waals surface area contributed by atoms with E-state index in [4.69, 9.17) is 5.73 Å². The maximum absolute atomic E-state index is 11.5. The minimum Gasteiger partial charge on any atom is -0.392 e. The molecule has 1 rings (SSSR count). The van der Waals surface area contributed by atoms with Gasteiger partial charge in [0, 0.05) is 12.0 Å². The molecule has 1 fully saturated rings. The predicted molar refractivity (Wildman–Crippen MR) is 64.8 cm³/mol. The molecule has 5 heteroatoms. The molecule has 1 heterocycles. The van der Waals surface area contributed by atoms with Crippen LogP contribution in [0.1, 0.15) is 33.1 Å². The molecule has 96 valence electrons. The molecule has 1 aliphatic heterocycles. The summed E-state index contributed by atoms with van der Waals surface area (Å²) in [7, 11) is -3.00. The van der Waals surface area contributed by atoms with Crippen molar-refractivity contribution in [2.75, 3.05) is 18.1 Å². The maximum Gasteiger partial charge on any atom is 0.151 e. The van der Waals surface area contributed by atoms with Crippen LogP contribution < -0.4 is 5.73 Å². The Kier molecular flexibility index (Phi) is 4.37. The molecule has 3 N–H and O–H groups in total. The van der Waals surface area contributed by atoms with Crippen LogP contribution in [0.4, 0.5) is 0 Å². The molecule has 0 bridgehead atoms. The SMILES string of the molecule is CCCC(C)C(O)C1(CN)CCS(=O)(=O)C1. The summed E-state index contributed by atoms with van der Waals surface area (Å²) in [5.74, 6) is 0.327. The zero-order chi connectivity index (χ0) is 12.4. The Morgan fingerprint density at radius 3 is 2.50 bits per heavy atom. The van der Waals surface area contributed by atoms with Gasteiger partial charge in [-0.1, -0.05) is 20.3 Å². The van der Waals surface area contributed by atoms with Crippen LogP contribution in [0.3, 0.4) is 0 Å². The number of aliphatic hydroxyl groups excluding tert-OH is 1. The molecule has 1 saturated heterocycles. The van der Waals surface area contributed by atoms with Crippen molar-refractivity contribution in [3.63, 3.8) is 0 Å². The van der Waals surface area contributed by atoms with E-state index in [0.717, 1.165) is 12.8 Å². The first kappa shape index (κ1) is 13.9. The summed E-state index contributed by atoms with van der Waals surface area (Å²) in [5.41, 5.74) is 5.10. The quantitative estimate of drug-likeness (QED) is 0.745. The van der Waals surface area contributed by atoms with Crippen molar-refractivity contribution in [1.29, 1.82) is 0 Å². The summed E-state index contributed by atoms with van der Waals surface area (Å²) in [5, 5.41) is 10.3. The fourth-order valence-electron chi connectivity index (χ4n) is 2.67. The van der Waals surface area contributed by atoms with Gasteiger partial charge in [-0.2, -0.15) is 0 Å². The van der Waals surface area contributed by atoms with E-state index in [9.17, 15) is 13.5 Å². The van der Waals surface area contributed by atoms with E-state index in [-0.39, 0.29) is 24.0 Å². The number of nitrogens with two attached hydrogens (primary N) is 1. The Labute approximate surface area is 98.1 Å². The second-order valence-electron chi connectivity index (χ2n) is 5.12. The van der Waals surface area contributed by atoms with Crippen molar-refractivity contribution in [1.82, 2.24) is 0 Å². The molecule has 16 heavy (non-hydrogen) atoms. The van der Waals surface area contributed by atoms with Crippen molar-refractivity contribution in [2.24, 2.45) is 17.1 Å². The zero-order valence-electron chi connectivity index (χ0n) is 10.1. The van der Waals surface area contributed by atoms with Gasteiger partial charge >= 0.3 is 0 Å². The second kappa shape index (κ2) is 5.02. The van der Waals surface area contributed by atoms with E-state index < -0.39 is 21.4 Å². The molecule has 1 aliphatic rings. The first-order valence-corrected chi connectivity index (χ1v) is 7.77. The van der Waals surface area contributed by atoms with E-state index in [1.807, 2.05) is 6.92 Å². The van der Waals surface area contributed by atoms with E-state index in [1.54, 1.807) is 0 Å². The Morgan fingerprint density at radius 1 is 1.50 bits per heavy atom. The first-order valence-electron chi connectivity index (χ1n) is 5.95. The third-order valence-electron chi connectivity index (χ3n) is 3.74. The molecule has 0 saturated carbocycles. The summed E-state index contributed by atoms with van der Waals surface area (Å²) in [6.07, 6.45) is 1.80. The van der Waals surface area contributed by atoms with Crippen molar-refractivity contribution in [3.8, 4) is 0 Å². The van der Waals surface area contributed by atoms with Gasteiger partial charge in [0.05, 0.1) is 17.6 Å². The fourth-order valence-corrected chi connectivity index (χ4v) is 4.84. The van der Waals surface area contributed by atoms with Gasteiger partial charge in [0.1, 0.15) is 0 Å². The van der Waals surface area contributed by atoms with Gasteiger partial charge in [-0.25, -0.2) is 8.42 Å². The van der Waals surface area contributed by atoms with Gasteiger partial charge in [-0.15, -0.1) is 0 Å². The molecule has 3 atom stereocenters. The third kappa shape index (κ3) is 2.76. The number of sulfone groups is 1. The number of hydrogen-bond acceptors (Lipinski definition) is 4. The Morgan fingerprint density at radius 2 is 2.12 bits per heavy atom. The van der Waals surface area contributed by atoms with E-state index >= 15 is 0 Å². The Bertz CT molecular complexity index is 328. The third-order valence-corrected chi connectivity index (χ3v) is 5.58. The highest BCUT2D eigenvalue weighted by molar-refractivity contribution is 7.91. The molecule has 0 aliphatic carbocycles.